The normalized spacial score (nSPS) is 14.6. The molecule has 1 aromatic carbocycles. The zero-order chi connectivity index (χ0) is 19.4. The summed E-state index contributed by atoms with van der Waals surface area (Å²) < 4.78 is 0. The van der Waals surface area contributed by atoms with E-state index in [1.807, 2.05) is 0 Å². The van der Waals surface area contributed by atoms with E-state index in [4.69, 9.17) is 5.11 Å². The molecule has 0 unspecified atom stereocenters. The van der Waals surface area contributed by atoms with Crippen LogP contribution in [0.4, 0.5) is 5.69 Å². The molecule has 1 saturated heterocycles. The van der Waals surface area contributed by atoms with Crippen molar-refractivity contribution in [1.29, 1.82) is 0 Å². The summed E-state index contributed by atoms with van der Waals surface area (Å²) in [7, 11) is 0. The summed E-state index contributed by atoms with van der Waals surface area (Å²) in [4.78, 5) is 45.4. The van der Waals surface area contributed by atoms with Gasteiger partial charge in [0.05, 0.1) is 23.6 Å². The molecular weight excluding hydrogens is 348 g/mol. The lowest BCUT2D eigenvalue weighted by molar-refractivity contribution is 0.0683. The highest BCUT2D eigenvalue weighted by atomic mass is 16.4. The van der Waals surface area contributed by atoms with Gasteiger partial charge in [0.15, 0.2) is 5.69 Å². The van der Waals surface area contributed by atoms with Crippen molar-refractivity contribution in [1.82, 2.24) is 14.9 Å². The van der Waals surface area contributed by atoms with Crippen LogP contribution in [0.3, 0.4) is 0 Å². The summed E-state index contributed by atoms with van der Waals surface area (Å²) in [6.45, 7) is 3.57. The van der Waals surface area contributed by atoms with E-state index in [2.05, 4.69) is 22.2 Å². The van der Waals surface area contributed by atoms with Crippen LogP contribution in [0.25, 0.3) is 0 Å². The molecule has 2 amide bonds. The maximum Gasteiger partial charge on any atom is 0.356 e. The number of amides is 2. The van der Waals surface area contributed by atoms with Gasteiger partial charge in [0.25, 0.3) is 11.8 Å². The first kappa shape index (κ1) is 18.5. The number of carbonyl (C=O) groups excluding carboxylic acids is 2. The number of aromatic nitrogens is 2. The van der Waals surface area contributed by atoms with Crippen LogP contribution in [0, 0.1) is 5.92 Å². The Morgan fingerprint density at radius 3 is 2.33 bits per heavy atom. The van der Waals surface area contributed by atoms with E-state index in [0.717, 1.165) is 25.2 Å². The first-order valence-electron chi connectivity index (χ1n) is 8.70. The van der Waals surface area contributed by atoms with Crippen LogP contribution in [0.2, 0.25) is 0 Å². The molecule has 0 aliphatic carbocycles. The molecule has 1 aliphatic heterocycles. The standard InChI is InChI=1S/C19H20N4O4/c1-12-6-8-23(9-7-12)18(25)13-4-2-3-5-14(13)22-17(24)15-10-21-16(11-20-15)19(26)27/h2-5,10-12H,6-9H2,1H3,(H,22,24)(H,26,27). The predicted octanol–water partition coefficient (Wildman–Crippen LogP) is 2.30. The van der Waals surface area contributed by atoms with Crippen molar-refractivity contribution >= 4 is 23.5 Å². The van der Waals surface area contributed by atoms with Gasteiger partial charge in [-0.1, -0.05) is 19.1 Å². The third-order valence-electron chi connectivity index (χ3n) is 4.58. The highest BCUT2D eigenvalue weighted by molar-refractivity contribution is 6.08. The van der Waals surface area contributed by atoms with Gasteiger partial charge in [-0.05, 0) is 30.9 Å². The Morgan fingerprint density at radius 1 is 1.07 bits per heavy atom. The summed E-state index contributed by atoms with van der Waals surface area (Å²) in [5, 5.41) is 11.5. The fraction of sp³-hybridized carbons (Fsp3) is 0.316. The third-order valence-corrected chi connectivity index (χ3v) is 4.58. The molecule has 8 heteroatoms. The number of carbonyl (C=O) groups is 3. The maximum absolute atomic E-state index is 12.8. The van der Waals surface area contributed by atoms with Crippen molar-refractivity contribution in [2.75, 3.05) is 18.4 Å². The number of rotatable bonds is 4. The molecule has 2 aromatic rings. The first-order valence-corrected chi connectivity index (χ1v) is 8.70. The summed E-state index contributed by atoms with van der Waals surface area (Å²) in [6, 6.07) is 6.80. The highest BCUT2D eigenvalue weighted by Gasteiger charge is 2.24. The number of carboxylic acid groups (broad SMARTS) is 1. The second-order valence-corrected chi connectivity index (χ2v) is 6.57. The number of benzene rings is 1. The second kappa shape index (κ2) is 7.94. The van der Waals surface area contributed by atoms with Gasteiger partial charge >= 0.3 is 5.97 Å². The van der Waals surface area contributed by atoms with Crippen molar-refractivity contribution in [3.63, 3.8) is 0 Å². The van der Waals surface area contributed by atoms with Crippen LogP contribution in [-0.2, 0) is 0 Å². The molecule has 3 rings (SSSR count). The van der Waals surface area contributed by atoms with Gasteiger partial charge in [0.2, 0.25) is 0 Å². The van der Waals surface area contributed by atoms with Gasteiger partial charge < -0.3 is 15.3 Å². The van der Waals surface area contributed by atoms with E-state index < -0.39 is 11.9 Å². The van der Waals surface area contributed by atoms with Gasteiger partial charge in [-0.15, -0.1) is 0 Å². The summed E-state index contributed by atoms with van der Waals surface area (Å²) in [6.07, 6.45) is 4.04. The van der Waals surface area contributed by atoms with Crippen molar-refractivity contribution in [2.24, 2.45) is 5.92 Å². The van der Waals surface area contributed by atoms with E-state index in [-0.39, 0.29) is 17.3 Å². The molecule has 140 valence electrons. The predicted molar refractivity (Wildman–Crippen MR) is 97.7 cm³/mol. The van der Waals surface area contributed by atoms with Gasteiger partial charge in [0.1, 0.15) is 5.69 Å². The van der Waals surface area contributed by atoms with Gasteiger partial charge in [-0.3, -0.25) is 9.59 Å². The molecule has 1 fully saturated rings. The van der Waals surface area contributed by atoms with Crippen LogP contribution in [-0.4, -0.2) is 50.8 Å². The molecule has 1 aromatic heterocycles. The topological polar surface area (TPSA) is 112 Å². The summed E-state index contributed by atoms with van der Waals surface area (Å²) in [5.74, 6) is -1.30. The molecule has 0 bridgehead atoms. The number of anilines is 1. The number of likely N-dealkylation sites (tertiary alicyclic amines) is 1. The zero-order valence-electron chi connectivity index (χ0n) is 14.9. The summed E-state index contributed by atoms with van der Waals surface area (Å²) >= 11 is 0. The molecule has 1 aliphatic rings. The molecule has 2 N–H and O–H groups in total. The van der Waals surface area contributed by atoms with Crippen molar-refractivity contribution in [3.8, 4) is 0 Å². The quantitative estimate of drug-likeness (QED) is 0.856. The first-order chi connectivity index (χ1) is 13.0. The van der Waals surface area contributed by atoms with Crippen LogP contribution < -0.4 is 5.32 Å². The van der Waals surface area contributed by atoms with Crippen LogP contribution in [0.15, 0.2) is 36.7 Å². The Morgan fingerprint density at radius 2 is 1.70 bits per heavy atom. The minimum atomic E-state index is -1.22. The zero-order valence-corrected chi connectivity index (χ0v) is 14.9. The monoisotopic (exact) mass is 368 g/mol. The van der Waals surface area contributed by atoms with Gasteiger partial charge in [0, 0.05) is 13.1 Å². The number of piperidine rings is 1. The lowest BCUT2D eigenvalue weighted by atomic mass is 9.98. The van der Waals surface area contributed by atoms with Crippen LogP contribution in [0.1, 0.15) is 51.1 Å². The minimum Gasteiger partial charge on any atom is -0.476 e. The number of carboxylic acids is 1. The third kappa shape index (κ3) is 4.28. The Labute approximate surface area is 156 Å². The number of aromatic carboxylic acids is 1. The average Bonchev–Trinajstić information content (AvgIpc) is 2.68. The second-order valence-electron chi connectivity index (χ2n) is 6.57. The van der Waals surface area contributed by atoms with Crippen molar-refractivity contribution < 1.29 is 19.5 Å². The Balaban J connectivity index is 1.76. The van der Waals surface area contributed by atoms with E-state index in [1.54, 1.807) is 29.2 Å². The number of hydrogen-bond donors (Lipinski definition) is 2. The van der Waals surface area contributed by atoms with Crippen molar-refractivity contribution in [2.45, 2.75) is 19.8 Å². The summed E-state index contributed by atoms with van der Waals surface area (Å²) in [5.41, 5.74) is 0.515. The van der Waals surface area contributed by atoms with Crippen LogP contribution in [0.5, 0.6) is 0 Å². The number of nitrogens with one attached hydrogen (secondary N) is 1. The maximum atomic E-state index is 12.8. The minimum absolute atomic E-state index is 0.0333. The highest BCUT2D eigenvalue weighted by Crippen LogP contribution is 2.22. The lowest BCUT2D eigenvalue weighted by Crippen LogP contribution is -2.38. The average molecular weight is 368 g/mol. The van der Waals surface area contributed by atoms with Gasteiger partial charge in [-0.25, -0.2) is 14.8 Å². The molecule has 27 heavy (non-hydrogen) atoms. The van der Waals surface area contributed by atoms with E-state index in [0.29, 0.717) is 30.3 Å². The Kier molecular flexibility index (Phi) is 5.44. The molecule has 0 atom stereocenters. The van der Waals surface area contributed by atoms with E-state index >= 15 is 0 Å². The van der Waals surface area contributed by atoms with Crippen LogP contribution >= 0.6 is 0 Å². The van der Waals surface area contributed by atoms with Gasteiger partial charge in [-0.2, -0.15) is 0 Å². The largest absolute Gasteiger partial charge is 0.476 e. The Bertz CT molecular complexity index is 858. The molecule has 2 heterocycles. The lowest BCUT2D eigenvalue weighted by Gasteiger charge is -2.30. The number of para-hydroxylation sites is 1. The van der Waals surface area contributed by atoms with E-state index in [1.165, 1.54) is 0 Å². The van der Waals surface area contributed by atoms with Crippen molar-refractivity contribution in [3.05, 3.63) is 53.6 Å². The smallest absolute Gasteiger partial charge is 0.356 e. The molecule has 0 saturated carbocycles. The number of nitrogens with zero attached hydrogens (tertiary/aromatic N) is 3. The number of hydrogen-bond acceptors (Lipinski definition) is 5. The molecule has 0 spiro atoms. The molecule has 8 nitrogen and oxygen atoms in total. The molecular formula is C19H20N4O4. The fourth-order valence-electron chi connectivity index (χ4n) is 2.90. The Hall–Kier alpha value is -3.29. The SMILES string of the molecule is CC1CCN(C(=O)c2ccccc2NC(=O)c2cnc(C(=O)O)cn2)CC1. The molecule has 0 radical (unpaired) electrons. The van der Waals surface area contributed by atoms with E-state index in [9.17, 15) is 14.4 Å². The fourth-order valence-corrected chi connectivity index (χ4v) is 2.90.